The molecule has 1 aliphatic rings. The number of carbonyl (C=O) groups excluding carboxylic acids is 2. The first-order valence-electron chi connectivity index (χ1n) is 7.84. The van der Waals surface area contributed by atoms with E-state index in [0.717, 1.165) is 11.3 Å². The van der Waals surface area contributed by atoms with Crippen LogP contribution in [0.1, 0.15) is 17.3 Å². The molecule has 0 aliphatic carbocycles. The Morgan fingerprint density at radius 2 is 2.00 bits per heavy atom. The molecule has 0 bridgehead atoms. The van der Waals surface area contributed by atoms with Gasteiger partial charge in [0.15, 0.2) is 0 Å². The second kappa shape index (κ2) is 6.70. The Morgan fingerprint density at radius 1 is 1.29 bits per heavy atom. The second-order valence-corrected chi connectivity index (χ2v) is 5.88. The van der Waals surface area contributed by atoms with Gasteiger partial charge in [-0.3, -0.25) is 14.3 Å². The fraction of sp³-hybridized carbons (Fsp3) is 0.278. The lowest BCUT2D eigenvalue weighted by molar-refractivity contribution is -0.139. The summed E-state index contributed by atoms with van der Waals surface area (Å²) in [6.45, 7) is 4.33. The molecular formula is C18H20N4O2. The van der Waals surface area contributed by atoms with Crippen LogP contribution in [0.3, 0.4) is 0 Å². The first-order valence-corrected chi connectivity index (χ1v) is 7.84. The Balaban J connectivity index is 1.74. The highest BCUT2D eigenvalue weighted by molar-refractivity contribution is 5.90. The van der Waals surface area contributed by atoms with Gasteiger partial charge in [0, 0.05) is 26.3 Å². The number of likely N-dealkylation sites (tertiary alicyclic amines) is 1. The monoisotopic (exact) mass is 324 g/mol. The number of carbonyl (C=O) groups is 2. The molecule has 1 fully saturated rings. The molecule has 6 nitrogen and oxygen atoms in total. The third-order valence-corrected chi connectivity index (χ3v) is 4.31. The van der Waals surface area contributed by atoms with Gasteiger partial charge < -0.3 is 10.2 Å². The van der Waals surface area contributed by atoms with E-state index in [2.05, 4.69) is 17.0 Å². The summed E-state index contributed by atoms with van der Waals surface area (Å²) in [6.07, 6.45) is 2.99. The van der Waals surface area contributed by atoms with E-state index in [9.17, 15) is 9.59 Å². The summed E-state index contributed by atoms with van der Waals surface area (Å²) in [5.41, 5.74) is 1.90. The van der Waals surface area contributed by atoms with Crippen LogP contribution in [-0.2, 0) is 16.6 Å². The molecule has 1 saturated heterocycles. The minimum atomic E-state index is -0.268. The van der Waals surface area contributed by atoms with Gasteiger partial charge in [0.05, 0.1) is 17.7 Å². The number of aromatic nitrogens is 2. The van der Waals surface area contributed by atoms with E-state index in [1.807, 2.05) is 43.4 Å². The highest BCUT2D eigenvalue weighted by Gasteiger charge is 2.36. The molecule has 1 aliphatic heterocycles. The molecule has 3 rings (SSSR count). The second-order valence-electron chi connectivity index (χ2n) is 5.88. The number of rotatable bonds is 5. The van der Waals surface area contributed by atoms with Crippen LogP contribution in [0.25, 0.3) is 0 Å². The van der Waals surface area contributed by atoms with Crippen molar-refractivity contribution in [3.63, 3.8) is 0 Å². The maximum atomic E-state index is 12.6. The predicted octanol–water partition coefficient (Wildman–Crippen LogP) is 1.27. The van der Waals surface area contributed by atoms with Crippen molar-refractivity contribution in [1.82, 2.24) is 20.0 Å². The summed E-state index contributed by atoms with van der Waals surface area (Å²) in [5, 5.41) is 7.29. The molecule has 1 aromatic heterocycles. The molecule has 2 aromatic rings. The maximum absolute atomic E-state index is 12.6. The lowest BCUT2D eigenvalue weighted by Crippen LogP contribution is -2.55. The molecule has 1 aromatic carbocycles. The molecule has 2 amide bonds. The average Bonchev–Trinajstić information content (AvgIpc) is 2.97. The van der Waals surface area contributed by atoms with Gasteiger partial charge in [0.25, 0.3) is 0 Å². The predicted molar refractivity (Wildman–Crippen MR) is 89.9 cm³/mol. The number of hydrogen-bond donors (Lipinski definition) is 1. The van der Waals surface area contributed by atoms with Gasteiger partial charge in [-0.15, -0.1) is 0 Å². The Morgan fingerprint density at radius 3 is 2.58 bits per heavy atom. The minimum Gasteiger partial charge on any atom is -0.343 e. The number of amides is 2. The van der Waals surface area contributed by atoms with E-state index in [1.54, 1.807) is 15.8 Å². The normalized spacial score (nSPS) is 15.5. The van der Waals surface area contributed by atoms with Crippen molar-refractivity contribution in [1.29, 1.82) is 0 Å². The highest BCUT2D eigenvalue weighted by atomic mass is 16.2. The van der Waals surface area contributed by atoms with Crippen molar-refractivity contribution < 1.29 is 9.59 Å². The van der Waals surface area contributed by atoms with Gasteiger partial charge in [-0.25, -0.2) is 0 Å². The van der Waals surface area contributed by atoms with E-state index in [4.69, 9.17) is 0 Å². The van der Waals surface area contributed by atoms with Crippen LogP contribution in [0, 0.1) is 5.92 Å². The van der Waals surface area contributed by atoms with E-state index in [0.29, 0.717) is 13.1 Å². The summed E-state index contributed by atoms with van der Waals surface area (Å²) in [4.78, 5) is 25.7. The minimum absolute atomic E-state index is 0.0573. The van der Waals surface area contributed by atoms with Gasteiger partial charge in [-0.05, 0) is 17.7 Å². The summed E-state index contributed by atoms with van der Waals surface area (Å²) < 4.78 is 1.76. The first-order chi connectivity index (χ1) is 11.6. The molecule has 0 saturated carbocycles. The fourth-order valence-electron chi connectivity index (χ4n) is 2.85. The first kappa shape index (κ1) is 16.0. The van der Waals surface area contributed by atoms with E-state index in [-0.39, 0.29) is 23.8 Å². The Labute approximate surface area is 140 Å². The van der Waals surface area contributed by atoms with Crippen molar-refractivity contribution in [3.8, 4) is 0 Å². The van der Waals surface area contributed by atoms with Crippen LogP contribution in [0.15, 0.2) is 55.3 Å². The van der Waals surface area contributed by atoms with Gasteiger partial charge in [0.1, 0.15) is 0 Å². The maximum Gasteiger partial charge on any atom is 0.246 e. The summed E-state index contributed by atoms with van der Waals surface area (Å²) >= 11 is 0. The average molecular weight is 324 g/mol. The summed E-state index contributed by atoms with van der Waals surface area (Å²) in [6, 6.07) is 11.4. The zero-order chi connectivity index (χ0) is 17.1. The van der Waals surface area contributed by atoms with E-state index in [1.165, 1.54) is 6.08 Å². The molecule has 2 heterocycles. The van der Waals surface area contributed by atoms with Gasteiger partial charge in [0.2, 0.25) is 11.8 Å². The van der Waals surface area contributed by atoms with E-state index < -0.39 is 0 Å². The van der Waals surface area contributed by atoms with Crippen molar-refractivity contribution in [3.05, 3.63) is 66.5 Å². The van der Waals surface area contributed by atoms with Crippen LogP contribution < -0.4 is 5.32 Å². The molecule has 6 heteroatoms. The van der Waals surface area contributed by atoms with Crippen LogP contribution >= 0.6 is 0 Å². The largest absolute Gasteiger partial charge is 0.343 e. The third kappa shape index (κ3) is 3.08. The molecule has 1 atom stereocenters. The fourth-order valence-corrected chi connectivity index (χ4v) is 2.85. The van der Waals surface area contributed by atoms with Gasteiger partial charge in [-0.2, -0.15) is 5.10 Å². The number of aryl methyl sites for hydroxylation is 1. The SMILES string of the molecule is C=CC(=O)N1CC(C(=O)NC(c2ccccc2)c2ccnn2C)C1. The smallest absolute Gasteiger partial charge is 0.246 e. The third-order valence-electron chi connectivity index (χ3n) is 4.31. The van der Waals surface area contributed by atoms with Crippen molar-refractivity contribution in [2.75, 3.05) is 13.1 Å². The Kier molecular flexibility index (Phi) is 4.46. The molecular weight excluding hydrogens is 304 g/mol. The molecule has 1 unspecified atom stereocenters. The van der Waals surface area contributed by atoms with E-state index >= 15 is 0 Å². The standard InChI is InChI=1S/C18H20N4O2/c1-3-16(23)22-11-14(12-22)18(24)20-17(13-7-5-4-6-8-13)15-9-10-19-21(15)2/h3-10,14,17H,1,11-12H2,2H3,(H,20,24). The molecule has 124 valence electrons. The number of benzene rings is 1. The number of hydrogen-bond acceptors (Lipinski definition) is 3. The molecule has 1 N–H and O–H groups in total. The topological polar surface area (TPSA) is 67.2 Å². The Bertz CT molecular complexity index is 747. The molecule has 0 spiro atoms. The quantitative estimate of drug-likeness (QED) is 0.842. The lowest BCUT2D eigenvalue weighted by Gasteiger charge is -2.38. The zero-order valence-electron chi connectivity index (χ0n) is 13.6. The molecule has 0 radical (unpaired) electrons. The van der Waals surface area contributed by atoms with Crippen LogP contribution in [0.5, 0.6) is 0 Å². The highest BCUT2D eigenvalue weighted by Crippen LogP contribution is 2.23. The van der Waals surface area contributed by atoms with Crippen LogP contribution in [-0.4, -0.2) is 39.6 Å². The van der Waals surface area contributed by atoms with Crippen molar-refractivity contribution in [2.45, 2.75) is 6.04 Å². The van der Waals surface area contributed by atoms with Crippen molar-refractivity contribution >= 4 is 11.8 Å². The Hall–Kier alpha value is -2.89. The van der Waals surface area contributed by atoms with Gasteiger partial charge >= 0.3 is 0 Å². The number of nitrogens with zero attached hydrogens (tertiary/aromatic N) is 3. The van der Waals surface area contributed by atoms with Crippen molar-refractivity contribution in [2.24, 2.45) is 13.0 Å². The summed E-state index contributed by atoms with van der Waals surface area (Å²) in [5.74, 6) is -0.378. The van der Waals surface area contributed by atoms with Gasteiger partial charge in [-0.1, -0.05) is 36.9 Å². The van der Waals surface area contributed by atoms with Crippen LogP contribution in [0.2, 0.25) is 0 Å². The zero-order valence-corrected chi connectivity index (χ0v) is 13.6. The number of nitrogens with one attached hydrogen (secondary N) is 1. The van der Waals surface area contributed by atoms with Crippen LogP contribution in [0.4, 0.5) is 0 Å². The summed E-state index contributed by atoms with van der Waals surface area (Å²) in [7, 11) is 1.85. The molecule has 24 heavy (non-hydrogen) atoms. The lowest BCUT2D eigenvalue weighted by atomic mass is 9.97.